The molecular weight excluding hydrogens is 1220 g/mol. The summed E-state index contributed by atoms with van der Waals surface area (Å²) in [5.74, 6) is -1.19. The molecule has 0 aliphatic heterocycles. The molecule has 30 nitrogen and oxygen atoms in total. The Morgan fingerprint density at radius 3 is 1.95 bits per heavy atom. The zero-order valence-corrected chi connectivity index (χ0v) is 47.6. The van der Waals surface area contributed by atoms with Gasteiger partial charge in [-0.3, -0.25) is 25.9 Å². The predicted octanol–water partition coefficient (Wildman–Crippen LogP) is 5.40. The van der Waals surface area contributed by atoms with E-state index >= 15 is 4.39 Å². The molecule has 0 aliphatic rings. The van der Waals surface area contributed by atoms with Gasteiger partial charge >= 0.3 is 16.5 Å². The number of aromatic hydroxyl groups is 1. The number of nitrogens with zero attached hydrogens (tertiary/aromatic N) is 8. The Labute approximate surface area is 463 Å². The molecule has 0 bridgehead atoms. The molecule has 0 spiro atoms. The summed E-state index contributed by atoms with van der Waals surface area (Å²) in [6, 6.07) is 15.5. The molecule has 38 heteroatoms. The number of rotatable bonds is 26. The normalized spacial score (nSPS) is 13.7. The first-order chi connectivity index (χ1) is 37.6. The zero-order valence-electron chi connectivity index (χ0n) is 41.9. The molecule has 0 aliphatic carbocycles. The number of nitrogen functional groups attached to an aromatic ring is 1. The van der Waals surface area contributed by atoms with Gasteiger partial charge < -0.3 is 21.1 Å². The van der Waals surface area contributed by atoms with Crippen molar-refractivity contribution in [3.05, 3.63) is 102 Å². The van der Waals surface area contributed by atoms with Gasteiger partial charge in [-0.1, -0.05) is 24.8 Å². The van der Waals surface area contributed by atoms with Crippen LogP contribution in [0.1, 0.15) is 12.0 Å². The molecule has 436 valence electrons. The number of hydrogen-bond acceptors (Lipinski definition) is 28. The van der Waals surface area contributed by atoms with Gasteiger partial charge in [0.2, 0.25) is 11.9 Å². The summed E-state index contributed by atoms with van der Waals surface area (Å²) in [5.41, 5.74) is 2.32. The van der Waals surface area contributed by atoms with Crippen LogP contribution in [0.5, 0.6) is 5.75 Å². The highest BCUT2D eigenvalue weighted by Crippen LogP contribution is 2.48. The lowest BCUT2D eigenvalue weighted by molar-refractivity contribution is 0.269. The van der Waals surface area contributed by atoms with Crippen molar-refractivity contribution in [2.24, 2.45) is 20.5 Å². The van der Waals surface area contributed by atoms with Crippen molar-refractivity contribution in [2.75, 3.05) is 61.9 Å². The number of phenols is 1. The van der Waals surface area contributed by atoms with Crippen molar-refractivity contribution in [1.29, 1.82) is 0 Å². The fourth-order valence-corrected chi connectivity index (χ4v) is 12.6. The largest absolute Gasteiger partial charge is 0.505 e. The predicted molar refractivity (Wildman–Crippen MR) is 290 cm³/mol. The van der Waals surface area contributed by atoms with Gasteiger partial charge in [0.05, 0.1) is 50.5 Å². The molecule has 0 saturated heterocycles. The molecular formula is C43H45FN10O20S7. The highest BCUT2D eigenvalue weighted by molar-refractivity contribution is 8.03. The number of phenolic OH excluding ortho intramolecular Hbond substituents is 1. The number of aromatic nitrogens is 3. The fourth-order valence-electron chi connectivity index (χ4n) is 7.13. The summed E-state index contributed by atoms with van der Waals surface area (Å²) in [6.45, 7) is 2.37. The van der Waals surface area contributed by atoms with E-state index in [1.54, 1.807) is 18.2 Å². The van der Waals surface area contributed by atoms with Crippen molar-refractivity contribution in [1.82, 2.24) is 15.0 Å². The van der Waals surface area contributed by atoms with E-state index in [2.05, 4.69) is 65.7 Å². The number of hydrogen-bond donors (Lipinski definition) is 5. The maximum atomic E-state index is 15.3. The Kier molecular flexibility index (Phi) is 19.1. The third-order valence-electron chi connectivity index (χ3n) is 10.9. The molecule has 0 radical (unpaired) electrons. The van der Waals surface area contributed by atoms with Gasteiger partial charge in [0, 0.05) is 37.9 Å². The first-order valence-electron chi connectivity index (χ1n) is 22.1. The van der Waals surface area contributed by atoms with Crippen LogP contribution in [0.15, 0.2) is 131 Å². The van der Waals surface area contributed by atoms with Crippen LogP contribution in [0.4, 0.5) is 56.1 Å². The Morgan fingerprint density at radius 2 is 1.33 bits per heavy atom. The fraction of sp³-hybridized carbons (Fsp3) is 0.209. The van der Waals surface area contributed by atoms with Crippen molar-refractivity contribution >= 4 is 139 Å². The third kappa shape index (κ3) is 15.7. The van der Waals surface area contributed by atoms with Crippen LogP contribution in [-0.4, -0.2) is 136 Å². The second kappa shape index (κ2) is 24.6. The number of nitrogens with two attached hydrogens (primary N) is 1. The monoisotopic (exact) mass is 1260 g/mol. The Balaban J connectivity index is 1.48. The zero-order chi connectivity index (χ0) is 60.1. The van der Waals surface area contributed by atoms with Crippen LogP contribution < -0.4 is 16.0 Å². The molecule has 6 aromatic rings. The minimum Gasteiger partial charge on any atom is -0.505 e. The SMILES string of the molecule is C=CS(=C)(=O)c1ccc(N=Nc2c(S(=O)(=O)OC)cc3cc(CS(=O)(=O)O)c(N=Nc4cc(Nc5nc(F)nc(N(CCS(=O)(=O)CCCOS(=O)(=O)O)c6ccccc6)n5)ccc4S(=O)(=O)OC)c(O)c3c2N)c(S(=O)(=O)OC)c1. The maximum absolute atomic E-state index is 15.3. The lowest BCUT2D eigenvalue weighted by Crippen LogP contribution is -2.28. The first kappa shape index (κ1) is 63.1. The maximum Gasteiger partial charge on any atom is 0.397 e. The van der Waals surface area contributed by atoms with Gasteiger partial charge in [0.25, 0.3) is 40.5 Å². The second-order valence-corrected chi connectivity index (χ2v) is 28.4. The summed E-state index contributed by atoms with van der Waals surface area (Å²) in [4.78, 5) is 10.3. The van der Waals surface area contributed by atoms with Gasteiger partial charge in [-0.2, -0.15) is 61.4 Å². The average molecular weight is 1270 g/mol. The molecule has 1 unspecified atom stereocenters. The van der Waals surface area contributed by atoms with Crippen LogP contribution >= 0.6 is 0 Å². The van der Waals surface area contributed by atoms with E-state index in [9.17, 15) is 64.4 Å². The summed E-state index contributed by atoms with van der Waals surface area (Å²) < 4.78 is 217. The van der Waals surface area contributed by atoms with E-state index in [1.807, 2.05) is 0 Å². The van der Waals surface area contributed by atoms with Crippen molar-refractivity contribution in [3.8, 4) is 5.75 Å². The van der Waals surface area contributed by atoms with Gasteiger partial charge in [0.1, 0.15) is 43.2 Å². The van der Waals surface area contributed by atoms with Crippen molar-refractivity contribution in [2.45, 2.75) is 31.8 Å². The van der Waals surface area contributed by atoms with Gasteiger partial charge in [-0.05, 0) is 83.7 Å². The van der Waals surface area contributed by atoms with E-state index < -0.39 is 178 Å². The lowest BCUT2D eigenvalue weighted by atomic mass is 10.0. The van der Waals surface area contributed by atoms with Crippen LogP contribution in [0.2, 0.25) is 0 Å². The average Bonchev–Trinajstić information content (AvgIpc) is 3.51. The molecule has 0 fully saturated rings. The van der Waals surface area contributed by atoms with Crippen molar-refractivity contribution in [3.63, 3.8) is 0 Å². The van der Waals surface area contributed by atoms with Crippen LogP contribution in [0.25, 0.3) is 10.8 Å². The minimum absolute atomic E-state index is 0.142. The molecule has 0 amide bonds. The number of benzene rings is 5. The number of nitrogens with one attached hydrogen (secondary N) is 1. The number of para-hydroxylation sites is 1. The van der Waals surface area contributed by atoms with E-state index in [4.69, 9.17) is 14.5 Å². The topological polar surface area (TPSA) is 449 Å². The first-order valence-corrected chi connectivity index (χ1v) is 32.9. The highest BCUT2D eigenvalue weighted by atomic mass is 32.3. The Hall–Kier alpha value is -7.08. The van der Waals surface area contributed by atoms with Crippen LogP contribution in [0, 0.1) is 6.08 Å². The number of anilines is 5. The number of azo groups is 2. The lowest BCUT2D eigenvalue weighted by Gasteiger charge is -2.23. The standard InChI is InChI=1S/C43H45FN10O20S7/c1-6-75(5,56)30-14-15-31(34(24-30)79(64,65)72-3)50-53-39-35(80(66,67)73-4)22-26-21-27(25-77(59,60)61)38(40(55)36(26)37(39)45)52-51-32-23-28(13-16-33(32)78(62,63)71-2)46-42-47-41(44)48-43(49-42)54(29-11-8-7-9-12-29)17-20-76(57,58)19-10-18-74-81(68,69)70/h6-9,11-16,21-24,55H,1,5,10,17-20,25,45H2,2-4H3,(H,59,60,61)(H,68,69,70)(H,46,47,48,49). The van der Waals surface area contributed by atoms with Crippen molar-refractivity contribution < 1.29 is 90.1 Å². The minimum atomic E-state index is -5.08. The van der Waals surface area contributed by atoms with Gasteiger partial charge in [-0.25, -0.2) is 12.6 Å². The van der Waals surface area contributed by atoms with E-state index in [1.165, 1.54) is 17.0 Å². The van der Waals surface area contributed by atoms with E-state index in [-0.39, 0.29) is 28.1 Å². The molecule has 1 atom stereocenters. The van der Waals surface area contributed by atoms with Gasteiger partial charge in [0.15, 0.2) is 15.6 Å². The number of sulfone groups is 1. The van der Waals surface area contributed by atoms with Crippen LogP contribution in [-0.2, 0) is 92.7 Å². The molecule has 0 saturated carbocycles. The second-order valence-electron chi connectivity index (χ2n) is 16.3. The smallest absolute Gasteiger partial charge is 0.397 e. The molecule has 6 rings (SSSR count). The number of halogens is 1. The number of fused-ring (bicyclic) bond motifs is 1. The highest BCUT2D eigenvalue weighted by Gasteiger charge is 2.29. The van der Waals surface area contributed by atoms with Gasteiger partial charge in [-0.15, -0.1) is 20.5 Å². The summed E-state index contributed by atoms with van der Waals surface area (Å²) in [5, 5.41) is 30.3. The van der Waals surface area contributed by atoms with E-state index in [0.29, 0.717) is 0 Å². The molecule has 6 N–H and O–H groups in total. The summed E-state index contributed by atoms with van der Waals surface area (Å²) in [6.07, 6.45) is -1.74. The van der Waals surface area contributed by atoms with Crippen LogP contribution in [0.3, 0.4) is 0 Å². The van der Waals surface area contributed by atoms with E-state index in [0.717, 1.165) is 75.3 Å². The Morgan fingerprint density at radius 1 is 0.716 bits per heavy atom. The third-order valence-corrected chi connectivity index (χ3v) is 19.3. The Bertz CT molecular complexity index is 4350. The quantitative estimate of drug-likeness (QED) is 0.0113. The molecule has 1 heterocycles. The molecule has 81 heavy (non-hydrogen) atoms. The summed E-state index contributed by atoms with van der Waals surface area (Å²) >= 11 is 0. The molecule has 1 aromatic heterocycles. The summed E-state index contributed by atoms with van der Waals surface area (Å²) in [7, 11) is -29.2. The molecule has 5 aromatic carbocycles.